The summed E-state index contributed by atoms with van der Waals surface area (Å²) >= 11 is 12.6. The minimum absolute atomic E-state index is 0.188. The number of carbonyl (C=O) groups is 1. The molecule has 0 aromatic heterocycles. The van der Waals surface area contributed by atoms with E-state index in [-0.39, 0.29) is 12.4 Å². The van der Waals surface area contributed by atoms with Crippen LogP contribution >= 0.6 is 23.2 Å². The Kier molecular flexibility index (Phi) is 8.39. The first-order valence-electron chi connectivity index (χ1n) is 10.4. The summed E-state index contributed by atoms with van der Waals surface area (Å²) < 4.78 is 17.3. The van der Waals surface area contributed by atoms with Crippen molar-refractivity contribution in [3.63, 3.8) is 0 Å². The van der Waals surface area contributed by atoms with Crippen LogP contribution < -0.4 is 4.90 Å². The number of rotatable bonds is 7. The third kappa shape index (κ3) is 6.01. The summed E-state index contributed by atoms with van der Waals surface area (Å²) in [7, 11) is -1.52. The molecule has 3 rings (SSSR count). The first kappa shape index (κ1) is 24.1. The molecule has 1 aliphatic rings. The van der Waals surface area contributed by atoms with E-state index in [4.69, 9.17) is 27.9 Å². The number of esters is 1. The Morgan fingerprint density at radius 1 is 1.13 bits per heavy atom. The second kappa shape index (κ2) is 10.8. The summed E-state index contributed by atoms with van der Waals surface area (Å²) in [6, 6.07) is 14.2. The summed E-state index contributed by atoms with van der Waals surface area (Å²) in [5.74, 6) is -0.672. The van der Waals surface area contributed by atoms with Crippen molar-refractivity contribution >= 4 is 45.7 Å². The molecule has 1 saturated heterocycles. The largest absolute Gasteiger partial charge is 0.465 e. The van der Waals surface area contributed by atoms with Crippen molar-refractivity contribution in [1.82, 2.24) is 4.90 Å². The molecule has 5 nitrogen and oxygen atoms in total. The van der Waals surface area contributed by atoms with Crippen LogP contribution in [0.25, 0.3) is 0 Å². The molecule has 0 bridgehead atoms. The summed E-state index contributed by atoms with van der Waals surface area (Å²) in [5.41, 5.74) is 2.19. The van der Waals surface area contributed by atoms with Gasteiger partial charge in [0.15, 0.2) is 0 Å². The third-order valence-corrected chi connectivity index (χ3v) is 7.72. The second-order valence-electron chi connectivity index (χ2n) is 7.68. The van der Waals surface area contributed by atoms with Crippen molar-refractivity contribution in [2.75, 3.05) is 30.3 Å². The van der Waals surface area contributed by atoms with Gasteiger partial charge in [-0.25, -0.2) is 0 Å². The zero-order valence-electron chi connectivity index (χ0n) is 18.0. The fraction of sp³-hybridized carbons (Fsp3) is 0.435. The molecule has 0 saturated carbocycles. The lowest BCUT2D eigenvalue weighted by atomic mass is 10.0. The van der Waals surface area contributed by atoms with Crippen LogP contribution in [0.4, 0.5) is 5.69 Å². The van der Waals surface area contributed by atoms with E-state index in [0.29, 0.717) is 22.0 Å². The van der Waals surface area contributed by atoms with Gasteiger partial charge in [-0.3, -0.25) is 13.9 Å². The summed E-state index contributed by atoms with van der Waals surface area (Å²) in [5, 5.41) is 1.16. The van der Waals surface area contributed by atoms with E-state index in [1.807, 2.05) is 30.3 Å². The smallest absolute Gasteiger partial charge is 0.318 e. The van der Waals surface area contributed by atoms with E-state index >= 15 is 0 Å². The average molecular weight is 483 g/mol. The monoisotopic (exact) mass is 482 g/mol. The van der Waals surface area contributed by atoms with E-state index in [0.717, 1.165) is 35.9 Å². The normalized spacial score (nSPS) is 20.5. The molecular formula is C23H28Cl2N2O3S. The maximum Gasteiger partial charge on any atom is 0.318 e. The number of hydrogen-bond acceptors (Lipinski definition) is 5. The maximum atomic E-state index is 12.4. The van der Waals surface area contributed by atoms with Crippen LogP contribution in [-0.2, 0) is 26.9 Å². The van der Waals surface area contributed by atoms with E-state index < -0.39 is 16.8 Å². The van der Waals surface area contributed by atoms with Gasteiger partial charge in [0.25, 0.3) is 0 Å². The summed E-state index contributed by atoms with van der Waals surface area (Å²) in [6.45, 7) is 9.01. The minimum Gasteiger partial charge on any atom is -0.465 e. The molecule has 1 heterocycles. The SMILES string of the molecule is CCOC(=O)CS(=O)c1ccc(CN2CCN(c3cccc(Cl)c3)[C@H](C)C2C)cc1Cl. The number of hydrogen-bond donors (Lipinski definition) is 0. The van der Waals surface area contributed by atoms with Crippen molar-refractivity contribution in [2.45, 2.75) is 44.3 Å². The maximum absolute atomic E-state index is 12.4. The number of ether oxygens (including phenoxy) is 1. The van der Waals surface area contributed by atoms with Crippen LogP contribution in [0.5, 0.6) is 0 Å². The molecule has 168 valence electrons. The lowest BCUT2D eigenvalue weighted by Gasteiger charge is -2.46. The van der Waals surface area contributed by atoms with Crippen LogP contribution in [-0.4, -0.2) is 52.6 Å². The van der Waals surface area contributed by atoms with Gasteiger partial charge in [0.05, 0.1) is 27.3 Å². The topological polar surface area (TPSA) is 49.9 Å². The Balaban J connectivity index is 1.66. The molecule has 0 radical (unpaired) electrons. The van der Waals surface area contributed by atoms with E-state index in [9.17, 15) is 9.00 Å². The highest BCUT2D eigenvalue weighted by Crippen LogP contribution is 2.28. The average Bonchev–Trinajstić information content (AvgIpc) is 2.71. The predicted molar refractivity (Wildman–Crippen MR) is 127 cm³/mol. The highest BCUT2D eigenvalue weighted by atomic mass is 35.5. The van der Waals surface area contributed by atoms with Crippen LogP contribution in [0, 0.1) is 0 Å². The molecule has 1 aliphatic heterocycles. The van der Waals surface area contributed by atoms with Crippen molar-refractivity contribution in [3.05, 3.63) is 58.1 Å². The highest BCUT2D eigenvalue weighted by molar-refractivity contribution is 7.85. The van der Waals surface area contributed by atoms with Gasteiger partial charge < -0.3 is 9.64 Å². The molecule has 0 N–H and O–H groups in total. The molecule has 0 amide bonds. The second-order valence-corrected chi connectivity index (χ2v) is 9.95. The molecule has 2 aromatic rings. The van der Waals surface area contributed by atoms with Gasteiger partial charge in [-0.2, -0.15) is 0 Å². The van der Waals surface area contributed by atoms with E-state index in [1.165, 1.54) is 0 Å². The molecule has 0 aliphatic carbocycles. The van der Waals surface area contributed by atoms with E-state index in [2.05, 4.69) is 29.7 Å². The zero-order chi connectivity index (χ0) is 22.5. The van der Waals surface area contributed by atoms with Gasteiger partial charge in [0.1, 0.15) is 5.75 Å². The molecule has 1 fully saturated rings. The molecule has 2 unspecified atom stereocenters. The highest BCUT2D eigenvalue weighted by Gasteiger charge is 2.31. The van der Waals surface area contributed by atoms with Crippen molar-refractivity contribution in [1.29, 1.82) is 0 Å². The Morgan fingerprint density at radius 3 is 2.58 bits per heavy atom. The van der Waals surface area contributed by atoms with Gasteiger partial charge in [0.2, 0.25) is 0 Å². The number of halogens is 2. The molecule has 3 atom stereocenters. The van der Waals surface area contributed by atoms with Crippen LogP contribution in [0.2, 0.25) is 10.0 Å². The van der Waals surface area contributed by atoms with Gasteiger partial charge in [0, 0.05) is 42.4 Å². The van der Waals surface area contributed by atoms with Crippen molar-refractivity contribution in [3.8, 4) is 0 Å². The standard InChI is InChI=1S/C23H28Cl2N2O3S/c1-4-30-23(28)15-31(29)22-9-8-18(12-21(22)25)14-26-10-11-27(17(3)16(26)2)20-7-5-6-19(24)13-20/h5-9,12-13,16-17H,4,10-11,14-15H2,1-3H3/t16?,17-,31?/m1/s1. The first-order chi connectivity index (χ1) is 14.8. The Labute approximate surface area is 196 Å². The van der Waals surface area contributed by atoms with Crippen molar-refractivity contribution in [2.24, 2.45) is 0 Å². The van der Waals surface area contributed by atoms with Crippen LogP contribution in [0.3, 0.4) is 0 Å². The fourth-order valence-corrected chi connectivity index (χ4v) is 5.50. The van der Waals surface area contributed by atoms with Crippen LogP contribution in [0.1, 0.15) is 26.3 Å². The summed E-state index contributed by atoms with van der Waals surface area (Å²) in [4.78, 5) is 16.9. The molecule has 0 spiro atoms. The number of nitrogens with zero attached hydrogens (tertiary/aromatic N) is 2. The molecule has 8 heteroatoms. The molecule has 2 aromatic carbocycles. The number of carbonyl (C=O) groups excluding carboxylic acids is 1. The van der Waals surface area contributed by atoms with Gasteiger partial charge in [-0.05, 0) is 56.7 Å². The van der Waals surface area contributed by atoms with Gasteiger partial charge in [-0.15, -0.1) is 0 Å². The number of anilines is 1. The Morgan fingerprint density at radius 2 is 1.90 bits per heavy atom. The predicted octanol–water partition coefficient (Wildman–Crippen LogP) is 4.76. The van der Waals surface area contributed by atoms with Gasteiger partial charge >= 0.3 is 5.97 Å². The lowest BCUT2D eigenvalue weighted by molar-refractivity contribution is -0.139. The minimum atomic E-state index is -1.52. The Bertz CT molecular complexity index is 956. The number of piperazine rings is 1. The van der Waals surface area contributed by atoms with Gasteiger partial charge in [-0.1, -0.05) is 35.3 Å². The molecular weight excluding hydrogens is 455 g/mol. The van der Waals surface area contributed by atoms with Crippen molar-refractivity contribution < 1.29 is 13.7 Å². The van der Waals surface area contributed by atoms with E-state index in [1.54, 1.807) is 13.0 Å². The fourth-order valence-electron chi connectivity index (χ4n) is 3.90. The third-order valence-electron chi connectivity index (χ3n) is 5.72. The summed E-state index contributed by atoms with van der Waals surface area (Å²) in [6.07, 6.45) is 0. The van der Waals surface area contributed by atoms with Crippen LogP contribution in [0.15, 0.2) is 47.4 Å². The lowest BCUT2D eigenvalue weighted by Crippen LogP contribution is -2.57. The number of benzene rings is 2. The zero-order valence-corrected chi connectivity index (χ0v) is 20.3. The Hall–Kier alpha value is -1.60. The molecule has 31 heavy (non-hydrogen) atoms. The first-order valence-corrected chi connectivity index (χ1v) is 12.5. The quantitative estimate of drug-likeness (QED) is 0.532.